The van der Waals surface area contributed by atoms with Crippen LogP contribution in [0.25, 0.3) is 0 Å². The standard InChI is InChI=1S/C16H27N.BrH/c1-13(2)16(17-5,14(3)4)12-11-15-9-7-6-8-10-15;/h6-10,13-14,17H,11-12H2,1-5H3;1H. The van der Waals surface area contributed by atoms with Gasteiger partial charge in [-0.2, -0.15) is 0 Å². The van der Waals surface area contributed by atoms with Crippen LogP contribution in [0.3, 0.4) is 0 Å². The van der Waals surface area contributed by atoms with Crippen LogP contribution in [0.1, 0.15) is 39.7 Å². The minimum Gasteiger partial charge on any atom is -0.314 e. The predicted octanol–water partition coefficient (Wildman–Crippen LogP) is 4.47. The fourth-order valence-electron chi connectivity index (χ4n) is 2.94. The third kappa shape index (κ3) is 4.10. The van der Waals surface area contributed by atoms with E-state index in [1.165, 1.54) is 12.0 Å². The van der Waals surface area contributed by atoms with E-state index in [0.29, 0.717) is 11.8 Å². The molecule has 0 aliphatic rings. The number of benzene rings is 1. The molecule has 0 radical (unpaired) electrons. The van der Waals surface area contributed by atoms with Gasteiger partial charge in [-0.3, -0.25) is 0 Å². The van der Waals surface area contributed by atoms with Gasteiger partial charge in [-0.25, -0.2) is 0 Å². The monoisotopic (exact) mass is 313 g/mol. The Balaban J connectivity index is 0.00000289. The Morgan fingerprint density at radius 3 is 1.89 bits per heavy atom. The molecule has 0 aliphatic heterocycles. The van der Waals surface area contributed by atoms with Crippen LogP contribution < -0.4 is 5.32 Å². The Morgan fingerprint density at radius 1 is 1.00 bits per heavy atom. The lowest BCUT2D eigenvalue weighted by molar-refractivity contribution is 0.162. The van der Waals surface area contributed by atoms with E-state index < -0.39 is 0 Å². The summed E-state index contributed by atoms with van der Waals surface area (Å²) in [5.74, 6) is 1.30. The molecule has 1 nitrogen and oxygen atoms in total. The van der Waals surface area contributed by atoms with E-state index in [9.17, 15) is 0 Å². The number of halogens is 1. The van der Waals surface area contributed by atoms with Crippen molar-refractivity contribution in [3.63, 3.8) is 0 Å². The largest absolute Gasteiger partial charge is 0.314 e. The Morgan fingerprint density at radius 2 is 1.50 bits per heavy atom. The van der Waals surface area contributed by atoms with Gasteiger partial charge < -0.3 is 5.32 Å². The zero-order valence-electron chi connectivity index (χ0n) is 12.4. The summed E-state index contributed by atoms with van der Waals surface area (Å²) < 4.78 is 0. The fourth-order valence-corrected chi connectivity index (χ4v) is 2.94. The number of aryl methyl sites for hydroxylation is 1. The van der Waals surface area contributed by atoms with Gasteiger partial charge in [0.25, 0.3) is 0 Å². The second kappa shape index (κ2) is 7.96. The molecule has 0 heterocycles. The van der Waals surface area contributed by atoms with Crippen LogP contribution in [-0.4, -0.2) is 12.6 Å². The minimum absolute atomic E-state index is 0. The molecule has 0 amide bonds. The molecule has 0 atom stereocenters. The molecule has 18 heavy (non-hydrogen) atoms. The first-order chi connectivity index (χ1) is 8.03. The van der Waals surface area contributed by atoms with E-state index in [4.69, 9.17) is 0 Å². The lowest BCUT2D eigenvalue weighted by Crippen LogP contribution is -2.52. The molecule has 0 saturated carbocycles. The van der Waals surface area contributed by atoms with Crippen molar-refractivity contribution < 1.29 is 0 Å². The molecule has 0 unspecified atom stereocenters. The lowest BCUT2D eigenvalue weighted by atomic mass is 9.73. The fraction of sp³-hybridized carbons (Fsp3) is 0.625. The van der Waals surface area contributed by atoms with Gasteiger partial charge in [0.1, 0.15) is 0 Å². The van der Waals surface area contributed by atoms with Gasteiger partial charge in [0.15, 0.2) is 0 Å². The van der Waals surface area contributed by atoms with Crippen molar-refractivity contribution in [3.8, 4) is 0 Å². The molecule has 0 aromatic heterocycles. The topological polar surface area (TPSA) is 12.0 Å². The highest BCUT2D eigenvalue weighted by Gasteiger charge is 2.34. The lowest BCUT2D eigenvalue weighted by Gasteiger charge is -2.42. The summed E-state index contributed by atoms with van der Waals surface area (Å²) in [4.78, 5) is 0. The summed E-state index contributed by atoms with van der Waals surface area (Å²) in [7, 11) is 2.10. The first kappa shape index (κ1) is 17.7. The van der Waals surface area contributed by atoms with E-state index in [1.807, 2.05) is 0 Å². The number of rotatable bonds is 6. The second-order valence-electron chi connectivity index (χ2n) is 5.59. The van der Waals surface area contributed by atoms with Crippen molar-refractivity contribution >= 4 is 17.0 Å². The molecule has 0 saturated heterocycles. The van der Waals surface area contributed by atoms with Crippen LogP contribution in [0.2, 0.25) is 0 Å². The number of hydrogen-bond donors (Lipinski definition) is 1. The SMILES string of the molecule is Br.CNC(CCc1ccccc1)(C(C)C)C(C)C. The second-order valence-corrected chi connectivity index (χ2v) is 5.59. The van der Waals surface area contributed by atoms with Crippen LogP contribution in [0, 0.1) is 11.8 Å². The maximum Gasteiger partial charge on any atom is 0.0227 e. The van der Waals surface area contributed by atoms with E-state index in [0.717, 1.165) is 6.42 Å². The summed E-state index contributed by atoms with van der Waals surface area (Å²) in [5, 5.41) is 3.58. The maximum atomic E-state index is 3.58. The molecule has 1 aromatic rings. The summed E-state index contributed by atoms with van der Waals surface area (Å²) in [6.07, 6.45) is 2.35. The summed E-state index contributed by atoms with van der Waals surface area (Å²) in [5.41, 5.74) is 1.68. The number of nitrogens with one attached hydrogen (secondary N) is 1. The van der Waals surface area contributed by atoms with Gasteiger partial charge in [0, 0.05) is 5.54 Å². The van der Waals surface area contributed by atoms with Crippen molar-refractivity contribution in [2.75, 3.05) is 7.05 Å². The van der Waals surface area contributed by atoms with E-state index >= 15 is 0 Å². The molecular formula is C16H28BrN. The first-order valence-corrected chi connectivity index (χ1v) is 6.75. The Bertz CT molecular complexity index is 311. The van der Waals surface area contributed by atoms with Crippen molar-refractivity contribution in [1.82, 2.24) is 5.32 Å². The molecule has 0 fully saturated rings. The van der Waals surface area contributed by atoms with E-state index in [-0.39, 0.29) is 22.5 Å². The van der Waals surface area contributed by atoms with Gasteiger partial charge in [-0.1, -0.05) is 58.0 Å². The van der Waals surface area contributed by atoms with Gasteiger partial charge >= 0.3 is 0 Å². The Labute approximate surface area is 123 Å². The van der Waals surface area contributed by atoms with Crippen LogP contribution >= 0.6 is 17.0 Å². The quantitative estimate of drug-likeness (QED) is 0.817. The molecule has 0 spiro atoms. The molecule has 0 bridgehead atoms. The summed E-state index contributed by atoms with van der Waals surface area (Å²) in [6.45, 7) is 9.28. The Hall–Kier alpha value is -0.340. The van der Waals surface area contributed by atoms with Crippen LogP contribution in [-0.2, 0) is 6.42 Å². The highest BCUT2D eigenvalue weighted by Crippen LogP contribution is 2.30. The predicted molar refractivity (Wildman–Crippen MR) is 86.6 cm³/mol. The molecule has 0 aliphatic carbocycles. The zero-order chi connectivity index (χ0) is 12.9. The summed E-state index contributed by atoms with van der Waals surface area (Å²) >= 11 is 0. The van der Waals surface area contributed by atoms with Crippen molar-refractivity contribution in [2.45, 2.75) is 46.1 Å². The average molecular weight is 314 g/mol. The van der Waals surface area contributed by atoms with E-state index in [1.54, 1.807) is 0 Å². The third-order valence-electron chi connectivity index (χ3n) is 4.20. The summed E-state index contributed by atoms with van der Waals surface area (Å²) in [6, 6.07) is 10.8. The average Bonchev–Trinajstić information content (AvgIpc) is 2.31. The van der Waals surface area contributed by atoms with Crippen molar-refractivity contribution in [2.24, 2.45) is 11.8 Å². The molecule has 1 aromatic carbocycles. The molecule has 104 valence electrons. The highest BCUT2D eigenvalue weighted by atomic mass is 79.9. The molecule has 1 N–H and O–H groups in total. The van der Waals surface area contributed by atoms with E-state index in [2.05, 4.69) is 70.4 Å². The van der Waals surface area contributed by atoms with Gasteiger partial charge in [-0.05, 0) is 37.3 Å². The van der Waals surface area contributed by atoms with Crippen LogP contribution in [0.5, 0.6) is 0 Å². The van der Waals surface area contributed by atoms with Crippen LogP contribution in [0.4, 0.5) is 0 Å². The van der Waals surface area contributed by atoms with Crippen LogP contribution in [0.15, 0.2) is 30.3 Å². The number of hydrogen-bond acceptors (Lipinski definition) is 1. The van der Waals surface area contributed by atoms with Gasteiger partial charge in [0.05, 0.1) is 0 Å². The molecule has 1 rings (SSSR count). The Kier molecular flexibility index (Phi) is 7.81. The maximum absolute atomic E-state index is 3.58. The minimum atomic E-state index is 0. The zero-order valence-corrected chi connectivity index (χ0v) is 14.1. The van der Waals surface area contributed by atoms with Gasteiger partial charge in [0.2, 0.25) is 0 Å². The van der Waals surface area contributed by atoms with Gasteiger partial charge in [-0.15, -0.1) is 17.0 Å². The first-order valence-electron chi connectivity index (χ1n) is 6.75. The normalized spacial score (nSPS) is 11.7. The molecular weight excluding hydrogens is 286 g/mol. The smallest absolute Gasteiger partial charge is 0.0227 e. The van der Waals surface area contributed by atoms with Crippen molar-refractivity contribution in [3.05, 3.63) is 35.9 Å². The highest BCUT2D eigenvalue weighted by molar-refractivity contribution is 8.93. The third-order valence-corrected chi connectivity index (χ3v) is 4.20. The van der Waals surface area contributed by atoms with Crippen molar-refractivity contribution in [1.29, 1.82) is 0 Å². The molecule has 2 heteroatoms.